The van der Waals surface area contributed by atoms with E-state index >= 15 is 0 Å². The standard InChI is InChI=1S/C15H20N4/c1-10-11(2)15(16-3)18-17-14(10)12-6-8-13(9-7-12)19(4)5/h6-9H,1-5H3,(H,16,18). The number of hydrogen-bond acceptors (Lipinski definition) is 4. The Morgan fingerprint density at radius 1 is 0.947 bits per heavy atom. The first-order valence-corrected chi connectivity index (χ1v) is 6.34. The molecule has 19 heavy (non-hydrogen) atoms. The number of benzene rings is 1. The lowest BCUT2D eigenvalue weighted by molar-refractivity contribution is 1.00. The van der Waals surface area contributed by atoms with E-state index < -0.39 is 0 Å². The van der Waals surface area contributed by atoms with Gasteiger partial charge in [-0.2, -0.15) is 0 Å². The third-order valence-corrected chi connectivity index (χ3v) is 3.42. The van der Waals surface area contributed by atoms with Crippen LogP contribution in [0.25, 0.3) is 11.3 Å². The Labute approximate surface area is 114 Å². The molecule has 0 bridgehead atoms. The predicted octanol–water partition coefficient (Wildman–Crippen LogP) is 2.87. The normalized spacial score (nSPS) is 10.4. The number of anilines is 2. The van der Waals surface area contributed by atoms with Gasteiger partial charge >= 0.3 is 0 Å². The van der Waals surface area contributed by atoms with Gasteiger partial charge in [0.1, 0.15) is 0 Å². The molecular formula is C15H20N4. The number of aromatic nitrogens is 2. The molecule has 0 fully saturated rings. The molecule has 0 aliphatic rings. The van der Waals surface area contributed by atoms with Gasteiger partial charge in [-0.15, -0.1) is 10.2 Å². The highest BCUT2D eigenvalue weighted by molar-refractivity contribution is 5.68. The number of rotatable bonds is 3. The number of nitrogens with one attached hydrogen (secondary N) is 1. The highest BCUT2D eigenvalue weighted by Crippen LogP contribution is 2.27. The second-order valence-corrected chi connectivity index (χ2v) is 4.84. The summed E-state index contributed by atoms with van der Waals surface area (Å²) in [6.45, 7) is 4.15. The second-order valence-electron chi connectivity index (χ2n) is 4.84. The monoisotopic (exact) mass is 256 g/mol. The molecule has 2 aromatic rings. The summed E-state index contributed by atoms with van der Waals surface area (Å²) in [5.74, 6) is 0.839. The molecule has 1 aromatic carbocycles. The highest BCUT2D eigenvalue weighted by atomic mass is 15.2. The van der Waals surface area contributed by atoms with E-state index in [1.54, 1.807) is 0 Å². The fraction of sp³-hybridized carbons (Fsp3) is 0.333. The van der Waals surface area contributed by atoms with E-state index in [1.165, 1.54) is 5.69 Å². The molecule has 0 unspecified atom stereocenters. The Bertz CT molecular complexity index is 573. The molecular weight excluding hydrogens is 236 g/mol. The average Bonchev–Trinajstić information content (AvgIpc) is 2.42. The second kappa shape index (κ2) is 5.26. The van der Waals surface area contributed by atoms with Crippen LogP contribution in [-0.2, 0) is 0 Å². The Hall–Kier alpha value is -2.10. The van der Waals surface area contributed by atoms with E-state index in [0.29, 0.717) is 0 Å². The van der Waals surface area contributed by atoms with Crippen LogP contribution in [-0.4, -0.2) is 31.3 Å². The van der Waals surface area contributed by atoms with E-state index in [4.69, 9.17) is 0 Å². The molecule has 0 atom stereocenters. The minimum atomic E-state index is 0.839. The zero-order valence-electron chi connectivity index (χ0n) is 12.2. The van der Waals surface area contributed by atoms with E-state index in [2.05, 4.69) is 58.5 Å². The van der Waals surface area contributed by atoms with Gasteiger partial charge in [-0.05, 0) is 37.1 Å². The Kier molecular flexibility index (Phi) is 3.69. The Morgan fingerprint density at radius 2 is 1.58 bits per heavy atom. The molecule has 1 aromatic heterocycles. The third-order valence-electron chi connectivity index (χ3n) is 3.42. The molecule has 0 aliphatic heterocycles. The Morgan fingerprint density at radius 3 is 2.11 bits per heavy atom. The van der Waals surface area contributed by atoms with Crippen molar-refractivity contribution in [1.29, 1.82) is 0 Å². The smallest absolute Gasteiger partial charge is 0.151 e. The number of hydrogen-bond donors (Lipinski definition) is 1. The van der Waals surface area contributed by atoms with Crippen LogP contribution in [0.4, 0.5) is 11.5 Å². The van der Waals surface area contributed by atoms with Crippen molar-refractivity contribution in [3.8, 4) is 11.3 Å². The van der Waals surface area contributed by atoms with Gasteiger partial charge in [-0.25, -0.2) is 0 Å². The lowest BCUT2D eigenvalue weighted by Crippen LogP contribution is -2.08. The third kappa shape index (κ3) is 2.52. The minimum absolute atomic E-state index is 0.839. The van der Waals surface area contributed by atoms with E-state index in [0.717, 1.165) is 28.2 Å². The van der Waals surface area contributed by atoms with Crippen molar-refractivity contribution in [2.45, 2.75) is 13.8 Å². The van der Waals surface area contributed by atoms with Crippen LogP contribution in [0.2, 0.25) is 0 Å². The van der Waals surface area contributed by atoms with Crippen molar-refractivity contribution in [2.75, 3.05) is 31.4 Å². The van der Waals surface area contributed by atoms with Gasteiger partial charge in [-0.1, -0.05) is 12.1 Å². The Balaban J connectivity index is 2.44. The van der Waals surface area contributed by atoms with Gasteiger partial charge < -0.3 is 10.2 Å². The molecule has 0 saturated heterocycles. The first-order valence-electron chi connectivity index (χ1n) is 6.34. The molecule has 1 heterocycles. The molecule has 100 valence electrons. The topological polar surface area (TPSA) is 41.1 Å². The average molecular weight is 256 g/mol. The van der Waals surface area contributed by atoms with E-state index in [9.17, 15) is 0 Å². The summed E-state index contributed by atoms with van der Waals surface area (Å²) in [7, 11) is 5.93. The van der Waals surface area contributed by atoms with Crippen LogP contribution in [0.3, 0.4) is 0 Å². The first-order chi connectivity index (χ1) is 9.04. The largest absolute Gasteiger partial charge is 0.378 e. The maximum Gasteiger partial charge on any atom is 0.151 e. The molecule has 2 rings (SSSR count). The summed E-state index contributed by atoms with van der Waals surface area (Å²) in [5.41, 5.74) is 5.53. The summed E-state index contributed by atoms with van der Waals surface area (Å²) >= 11 is 0. The minimum Gasteiger partial charge on any atom is -0.378 e. The SMILES string of the molecule is CNc1nnc(-c2ccc(N(C)C)cc2)c(C)c1C. The zero-order chi connectivity index (χ0) is 14.0. The van der Waals surface area contributed by atoms with Crippen LogP contribution in [0.1, 0.15) is 11.1 Å². The van der Waals surface area contributed by atoms with Crippen LogP contribution >= 0.6 is 0 Å². The first kappa shape index (κ1) is 13.3. The summed E-state index contributed by atoms with van der Waals surface area (Å²) in [4.78, 5) is 2.08. The fourth-order valence-electron chi connectivity index (χ4n) is 2.03. The van der Waals surface area contributed by atoms with Crippen molar-refractivity contribution in [1.82, 2.24) is 10.2 Å². The predicted molar refractivity (Wildman–Crippen MR) is 80.8 cm³/mol. The fourth-order valence-corrected chi connectivity index (χ4v) is 2.03. The molecule has 0 saturated carbocycles. The van der Waals surface area contributed by atoms with Crippen molar-refractivity contribution < 1.29 is 0 Å². The van der Waals surface area contributed by atoms with Gasteiger partial charge in [0, 0.05) is 32.4 Å². The van der Waals surface area contributed by atoms with Crippen LogP contribution in [0, 0.1) is 13.8 Å². The van der Waals surface area contributed by atoms with Gasteiger partial charge in [-0.3, -0.25) is 0 Å². The van der Waals surface area contributed by atoms with Gasteiger partial charge in [0.05, 0.1) is 5.69 Å². The van der Waals surface area contributed by atoms with Gasteiger partial charge in [0.25, 0.3) is 0 Å². The van der Waals surface area contributed by atoms with E-state index in [1.807, 2.05) is 21.1 Å². The van der Waals surface area contributed by atoms with Crippen molar-refractivity contribution >= 4 is 11.5 Å². The lowest BCUT2D eigenvalue weighted by atomic mass is 10.0. The van der Waals surface area contributed by atoms with E-state index in [-0.39, 0.29) is 0 Å². The lowest BCUT2D eigenvalue weighted by Gasteiger charge is -2.14. The molecule has 0 spiro atoms. The van der Waals surface area contributed by atoms with Gasteiger partial charge in [0.2, 0.25) is 0 Å². The van der Waals surface area contributed by atoms with Gasteiger partial charge in [0.15, 0.2) is 5.82 Å². The van der Waals surface area contributed by atoms with Crippen LogP contribution < -0.4 is 10.2 Å². The van der Waals surface area contributed by atoms with Crippen molar-refractivity contribution in [3.05, 3.63) is 35.4 Å². The van der Waals surface area contributed by atoms with Crippen molar-refractivity contribution in [3.63, 3.8) is 0 Å². The van der Waals surface area contributed by atoms with Crippen LogP contribution in [0.15, 0.2) is 24.3 Å². The molecule has 0 radical (unpaired) electrons. The summed E-state index contributed by atoms with van der Waals surface area (Å²) in [6.07, 6.45) is 0. The molecule has 0 aliphatic carbocycles. The molecule has 4 nitrogen and oxygen atoms in total. The number of nitrogens with zero attached hydrogens (tertiary/aromatic N) is 3. The molecule has 1 N–H and O–H groups in total. The maximum absolute atomic E-state index is 4.33. The quantitative estimate of drug-likeness (QED) is 0.916. The summed E-state index contributed by atoms with van der Waals surface area (Å²) in [5, 5.41) is 11.6. The molecule has 4 heteroatoms. The summed E-state index contributed by atoms with van der Waals surface area (Å²) in [6, 6.07) is 8.37. The van der Waals surface area contributed by atoms with Crippen LogP contribution in [0.5, 0.6) is 0 Å². The molecule has 0 amide bonds. The van der Waals surface area contributed by atoms with Crippen molar-refractivity contribution in [2.24, 2.45) is 0 Å². The summed E-state index contributed by atoms with van der Waals surface area (Å²) < 4.78 is 0. The highest BCUT2D eigenvalue weighted by Gasteiger charge is 2.10. The maximum atomic E-state index is 4.33. The zero-order valence-corrected chi connectivity index (χ0v) is 12.2.